The Labute approximate surface area is 129 Å². The van der Waals surface area contributed by atoms with Crippen LogP contribution in [0, 0.1) is 0 Å². The number of halogens is 3. The molecule has 1 amide bonds. The van der Waals surface area contributed by atoms with Crippen LogP contribution < -0.4 is 0 Å². The minimum Gasteiger partial charge on any atom is -0.332 e. The molecule has 0 aliphatic carbocycles. The van der Waals surface area contributed by atoms with Crippen molar-refractivity contribution in [1.82, 2.24) is 25.1 Å². The van der Waals surface area contributed by atoms with Gasteiger partial charge in [0.05, 0.1) is 6.04 Å². The molecule has 3 rings (SSSR count). The topological polar surface area (TPSA) is 63.9 Å². The Bertz CT molecular complexity index is 675. The fraction of sp³-hybridized carbons (Fsp3) is 0.385. The van der Waals surface area contributed by atoms with Gasteiger partial charge in [-0.15, -0.1) is 10.2 Å². The largest absolute Gasteiger partial charge is 0.332 e. The SMILES string of the molecule is O=C(Cn1nnc(-c2ccc(Cl)cc2)n1)N1CCC1C(F)F. The number of benzene rings is 1. The number of aromatic nitrogens is 4. The number of likely N-dealkylation sites (tertiary alicyclic amines) is 1. The number of amides is 1. The zero-order chi connectivity index (χ0) is 15.7. The summed E-state index contributed by atoms with van der Waals surface area (Å²) in [6.45, 7) is 0.135. The molecule has 0 N–H and O–H groups in total. The number of rotatable bonds is 4. The first kappa shape index (κ1) is 14.8. The van der Waals surface area contributed by atoms with Crippen LogP contribution in [0.1, 0.15) is 6.42 Å². The van der Waals surface area contributed by atoms with E-state index < -0.39 is 18.4 Å². The average molecular weight is 328 g/mol. The van der Waals surface area contributed by atoms with E-state index in [0.29, 0.717) is 29.4 Å². The molecular weight excluding hydrogens is 316 g/mol. The lowest BCUT2D eigenvalue weighted by Gasteiger charge is -2.40. The molecule has 1 aliphatic rings. The Morgan fingerprint density at radius 2 is 2.09 bits per heavy atom. The highest BCUT2D eigenvalue weighted by Gasteiger charge is 2.38. The average Bonchev–Trinajstić information content (AvgIpc) is 2.85. The van der Waals surface area contributed by atoms with E-state index in [1.807, 2.05) is 0 Å². The van der Waals surface area contributed by atoms with Crippen LogP contribution in [-0.4, -0.2) is 50.0 Å². The number of alkyl halides is 2. The van der Waals surface area contributed by atoms with Gasteiger partial charge in [-0.3, -0.25) is 4.79 Å². The lowest BCUT2D eigenvalue weighted by Crippen LogP contribution is -2.55. The maximum atomic E-state index is 12.6. The zero-order valence-electron chi connectivity index (χ0n) is 11.4. The lowest BCUT2D eigenvalue weighted by molar-refractivity contribution is -0.146. The van der Waals surface area contributed by atoms with Crippen molar-refractivity contribution in [2.24, 2.45) is 0 Å². The Balaban J connectivity index is 1.67. The molecule has 1 unspecified atom stereocenters. The molecule has 6 nitrogen and oxygen atoms in total. The Kier molecular flexibility index (Phi) is 4.02. The summed E-state index contributed by atoms with van der Waals surface area (Å²) in [5, 5.41) is 12.3. The number of nitrogens with zero attached hydrogens (tertiary/aromatic N) is 5. The zero-order valence-corrected chi connectivity index (χ0v) is 12.1. The summed E-state index contributed by atoms with van der Waals surface area (Å²) < 4.78 is 25.3. The normalized spacial score (nSPS) is 17.6. The first-order chi connectivity index (χ1) is 10.5. The van der Waals surface area contributed by atoms with Crippen molar-refractivity contribution in [2.45, 2.75) is 25.4 Å². The second-order valence-electron chi connectivity index (χ2n) is 4.93. The van der Waals surface area contributed by atoms with Gasteiger partial charge in [-0.05, 0) is 35.9 Å². The highest BCUT2D eigenvalue weighted by molar-refractivity contribution is 6.30. The van der Waals surface area contributed by atoms with Crippen LogP contribution in [-0.2, 0) is 11.3 Å². The van der Waals surface area contributed by atoms with Crippen molar-refractivity contribution in [3.05, 3.63) is 29.3 Å². The minimum absolute atomic E-state index is 0.205. The second kappa shape index (κ2) is 5.96. The molecule has 116 valence electrons. The molecule has 0 radical (unpaired) electrons. The molecule has 2 heterocycles. The van der Waals surface area contributed by atoms with E-state index in [4.69, 9.17) is 11.6 Å². The van der Waals surface area contributed by atoms with Crippen molar-refractivity contribution in [3.8, 4) is 11.4 Å². The van der Waals surface area contributed by atoms with Crippen LogP contribution in [0.3, 0.4) is 0 Å². The molecule has 1 aliphatic heterocycles. The van der Waals surface area contributed by atoms with E-state index in [-0.39, 0.29) is 6.54 Å². The fourth-order valence-electron chi connectivity index (χ4n) is 2.22. The summed E-state index contributed by atoms with van der Waals surface area (Å²) in [5.41, 5.74) is 0.706. The third kappa shape index (κ3) is 2.92. The van der Waals surface area contributed by atoms with E-state index in [0.717, 1.165) is 9.70 Å². The van der Waals surface area contributed by atoms with E-state index in [9.17, 15) is 13.6 Å². The number of carbonyl (C=O) groups excluding carboxylic acids is 1. The predicted molar refractivity (Wildman–Crippen MR) is 74.4 cm³/mol. The van der Waals surface area contributed by atoms with Gasteiger partial charge in [-0.2, -0.15) is 4.80 Å². The van der Waals surface area contributed by atoms with Gasteiger partial charge in [0.15, 0.2) is 0 Å². The molecule has 1 aromatic heterocycles. The summed E-state index contributed by atoms with van der Waals surface area (Å²) in [6, 6.07) is 5.85. The molecule has 0 bridgehead atoms. The molecule has 9 heteroatoms. The standard InChI is InChI=1S/C13H12ClF2N5O/c14-9-3-1-8(2-4-9)13-17-19-21(18-13)7-11(22)20-6-5-10(20)12(15)16/h1-4,10,12H,5-7H2. The third-order valence-corrected chi connectivity index (χ3v) is 3.76. The molecule has 0 saturated carbocycles. The highest BCUT2D eigenvalue weighted by atomic mass is 35.5. The van der Waals surface area contributed by atoms with Crippen molar-refractivity contribution in [1.29, 1.82) is 0 Å². The van der Waals surface area contributed by atoms with Crippen LogP contribution in [0.4, 0.5) is 8.78 Å². The van der Waals surface area contributed by atoms with Crippen molar-refractivity contribution in [3.63, 3.8) is 0 Å². The van der Waals surface area contributed by atoms with Gasteiger partial charge < -0.3 is 4.90 Å². The quantitative estimate of drug-likeness (QED) is 0.860. The molecule has 1 atom stereocenters. The third-order valence-electron chi connectivity index (χ3n) is 3.51. The van der Waals surface area contributed by atoms with Gasteiger partial charge in [0.25, 0.3) is 6.43 Å². The monoisotopic (exact) mass is 327 g/mol. The molecular formula is C13H12ClF2N5O. The molecule has 0 spiro atoms. The van der Waals surface area contributed by atoms with Crippen LogP contribution in [0.15, 0.2) is 24.3 Å². The van der Waals surface area contributed by atoms with Crippen molar-refractivity contribution >= 4 is 17.5 Å². The van der Waals surface area contributed by atoms with Gasteiger partial charge in [-0.1, -0.05) is 11.6 Å². The lowest BCUT2D eigenvalue weighted by atomic mass is 10.0. The predicted octanol–water partition coefficient (Wildman–Crippen LogP) is 1.86. The first-order valence-electron chi connectivity index (χ1n) is 6.66. The van der Waals surface area contributed by atoms with Crippen LogP contribution in [0.2, 0.25) is 5.02 Å². The van der Waals surface area contributed by atoms with Gasteiger partial charge in [0.2, 0.25) is 11.7 Å². The number of tetrazole rings is 1. The van der Waals surface area contributed by atoms with E-state index >= 15 is 0 Å². The highest BCUT2D eigenvalue weighted by Crippen LogP contribution is 2.24. The van der Waals surface area contributed by atoms with Crippen molar-refractivity contribution in [2.75, 3.05) is 6.54 Å². The van der Waals surface area contributed by atoms with E-state index in [1.165, 1.54) is 0 Å². The van der Waals surface area contributed by atoms with Crippen LogP contribution >= 0.6 is 11.6 Å². The summed E-state index contributed by atoms with van der Waals surface area (Å²) in [5.74, 6) is -0.0879. The molecule has 1 saturated heterocycles. The number of hydrogen-bond donors (Lipinski definition) is 0. The second-order valence-corrected chi connectivity index (χ2v) is 5.36. The molecule has 2 aromatic rings. The molecule has 1 aromatic carbocycles. The Hall–Kier alpha value is -2.09. The smallest absolute Gasteiger partial charge is 0.258 e. The number of carbonyl (C=O) groups is 1. The van der Waals surface area contributed by atoms with Gasteiger partial charge in [-0.25, -0.2) is 8.78 Å². The van der Waals surface area contributed by atoms with Gasteiger partial charge in [0.1, 0.15) is 6.54 Å². The van der Waals surface area contributed by atoms with Crippen LogP contribution in [0.5, 0.6) is 0 Å². The minimum atomic E-state index is -2.52. The van der Waals surface area contributed by atoms with E-state index in [1.54, 1.807) is 24.3 Å². The fourth-order valence-corrected chi connectivity index (χ4v) is 2.34. The molecule has 22 heavy (non-hydrogen) atoms. The van der Waals surface area contributed by atoms with E-state index in [2.05, 4.69) is 15.4 Å². The summed E-state index contributed by atoms with van der Waals surface area (Å²) >= 11 is 5.80. The summed E-state index contributed by atoms with van der Waals surface area (Å²) in [4.78, 5) is 14.2. The molecule has 1 fully saturated rings. The summed E-state index contributed by atoms with van der Waals surface area (Å²) in [6.07, 6.45) is -2.20. The maximum absolute atomic E-state index is 12.6. The van der Waals surface area contributed by atoms with Crippen molar-refractivity contribution < 1.29 is 13.6 Å². The van der Waals surface area contributed by atoms with Gasteiger partial charge in [0, 0.05) is 17.1 Å². The van der Waals surface area contributed by atoms with Gasteiger partial charge >= 0.3 is 0 Å². The Morgan fingerprint density at radius 1 is 1.36 bits per heavy atom. The summed E-state index contributed by atoms with van der Waals surface area (Å²) in [7, 11) is 0. The Morgan fingerprint density at radius 3 is 2.68 bits per heavy atom. The van der Waals surface area contributed by atoms with Crippen LogP contribution in [0.25, 0.3) is 11.4 Å². The number of hydrogen-bond acceptors (Lipinski definition) is 4. The first-order valence-corrected chi connectivity index (χ1v) is 7.04. The maximum Gasteiger partial charge on any atom is 0.258 e.